The third-order valence-corrected chi connectivity index (χ3v) is 5.76. The Hall–Kier alpha value is -3.53. The third kappa shape index (κ3) is 6.24. The van der Waals surface area contributed by atoms with Gasteiger partial charge in [-0.3, -0.25) is 9.52 Å². The first kappa shape index (κ1) is 23.1. The number of rotatable bonds is 7. The number of hydrogen-bond acceptors (Lipinski definition) is 4. The largest absolute Gasteiger partial charge is 0.573 e. The Bertz CT molecular complexity index is 1160. The van der Waals surface area contributed by atoms with Gasteiger partial charge in [-0.25, -0.2) is 8.42 Å². The molecule has 3 rings (SSSR count). The number of nitrogens with zero attached hydrogens (tertiary/aromatic N) is 1. The van der Waals surface area contributed by atoms with Crippen molar-refractivity contribution in [3.8, 4) is 5.75 Å². The van der Waals surface area contributed by atoms with Crippen LogP contribution in [-0.4, -0.2) is 32.6 Å². The molecule has 168 valence electrons. The highest BCUT2D eigenvalue weighted by Gasteiger charge is 2.31. The maximum atomic E-state index is 12.6. The molecule has 0 spiro atoms. The summed E-state index contributed by atoms with van der Waals surface area (Å²) >= 11 is 0. The number of nitrogens with one attached hydrogen (secondary N) is 1. The highest BCUT2D eigenvalue weighted by atomic mass is 32.2. The van der Waals surface area contributed by atoms with Gasteiger partial charge in [-0.15, -0.1) is 13.2 Å². The number of sulfonamides is 1. The minimum Gasteiger partial charge on any atom is -0.406 e. The molecule has 0 radical (unpaired) electrons. The fraction of sp³-hybridized carbons (Fsp3) is 0.136. The number of benzene rings is 3. The van der Waals surface area contributed by atoms with Gasteiger partial charge in [0, 0.05) is 24.8 Å². The summed E-state index contributed by atoms with van der Waals surface area (Å²) in [7, 11) is -2.19. The number of hydrogen-bond donors (Lipinski definition) is 1. The van der Waals surface area contributed by atoms with Crippen LogP contribution >= 0.6 is 0 Å². The van der Waals surface area contributed by atoms with Crippen LogP contribution in [0.2, 0.25) is 0 Å². The zero-order valence-electron chi connectivity index (χ0n) is 16.8. The van der Waals surface area contributed by atoms with Crippen molar-refractivity contribution in [3.63, 3.8) is 0 Å². The predicted molar refractivity (Wildman–Crippen MR) is 113 cm³/mol. The van der Waals surface area contributed by atoms with Crippen LogP contribution in [0.1, 0.15) is 15.9 Å². The monoisotopic (exact) mass is 464 g/mol. The van der Waals surface area contributed by atoms with Gasteiger partial charge in [0.15, 0.2) is 0 Å². The summed E-state index contributed by atoms with van der Waals surface area (Å²) in [6, 6.07) is 19.0. The Kier molecular flexibility index (Phi) is 6.73. The van der Waals surface area contributed by atoms with Crippen LogP contribution in [0.3, 0.4) is 0 Å². The van der Waals surface area contributed by atoms with Crippen molar-refractivity contribution in [1.29, 1.82) is 0 Å². The van der Waals surface area contributed by atoms with E-state index in [0.717, 1.165) is 0 Å². The van der Waals surface area contributed by atoms with Gasteiger partial charge in [0.2, 0.25) is 0 Å². The molecule has 1 N–H and O–H groups in total. The van der Waals surface area contributed by atoms with E-state index < -0.39 is 16.4 Å². The maximum absolute atomic E-state index is 12.6. The second-order valence-electron chi connectivity index (χ2n) is 6.85. The van der Waals surface area contributed by atoms with Gasteiger partial charge in [-0.05, 0) is 54.1 Å². The number of halogens is 3. The maximum Gasteiger partial charge on any atom is 0.573 e. The zero-order valence-corrected chi connectivity index (χ0v) is 17.7. The Labute approximate surface area is 183 Å². The number of anilines is 1. The average Bonchev–Trinajstić information content (AvgIpc) is 2.74. The smallest absolute Gasteiger partial charge is 0.406 e. The number of amides is 1. The highest BCUT2D eigenvalue weighted by molar-refractivity contribution is 7.92. The van der Waals surface area contributed by atoms with Crippen LogP contribution in [-0.2, 0) is 16.6 Å². The molecule has 6 nitrogen and oxygen atoms in total. The Morgan fingerprint density at radius 1 is 0.938 bits per heavy atom. The van der Waals surface area contributed by atoms with Gasteiger partial charge in [0.1, 0.15) is 5.75 Å². The molecule has 3 aromatic carbocycles. The molecule has 0 aliphatic carbocycles. The molecule has 0 saturated carbocycles. The van der Waals surface area contributed by atoms with E-state index in [0.29, 0.717) is 16.8 Å². The quantitative estimate of drug-likeness (QED) is 0.552. The van der Waals surface area contributed by atoms with E-state index in [4.69, 9.17) is 0 Å². The molecule has 0 unspecified atom stereocenters. The molecule has 10 heteroatoms. The lowest BCUT2D eigenvalue weighted by Gasteiger charge is -2.18. The van der Waals surface area contributed by atoms with Crippen molar-refractivity contribution < 1.29 is 31.1 Å². The van der Waals surface area contributed by atoms with E-state index in [1.165, 1.54) is 65.6 Å². The van der Waals surface area contributed by atoms with Gasteiger partial charge in [-0.1, -0.05) is 30.3 Å². The molecule has 0 bridgehead atoms. The molecule has 0 atom stereocenters. The molecule has 0 heterocycles. The van der Waals surface area contributed by atoms with Crippen LogP contribution in [0, 0.1) is 0 Å². The van der Waals surface area contributed by atoms with E-state index in [2.05, 4.69) is 9.46 Å². The zero-order chi connectivity index (χ0) is 23.4. The Morgan fingerprint density at radius 2 is 1.53 bits per heavy atom. The number of ether oxygens (including phenoxy) is 1. The van der Waals surface area contributed by atoms with E-state index in [9.17, 15) is 26.4 Å². The van der Waals surface area contributed by atoms with Gasteiger partial charge >= 0.3 is 6.36 Å². The highest BCUT2D eigenvalue weighted by Crippen LogP contribution is 2.23. The first-order valence-electron chi connectivity index (χ1n) is 9.31. The molecule has 0 aromatic heterocycles. The van der Waals surface area contributed by atoms with Gasteiger partial charge < -0.3 is 9.64 Å². The Balaban J connectivity index is 1.62. The fourth-order valence-corrected chi connectivity index (χ4v) is 3.94. The summed E-state index contributed by atoms with van der Waals surface area (Å²) in [4.78, 5) is 14.1. The van der Waals surface area contributed by atoms with Gasteiger partial charge in [-0.2, -0.15) is 0 Å². The number of carbonyl (C=O) groups is 1. The van der Waals surface area contributed by atoms with E-state index >= 15 is 0 Å². The fourth-order valence-electron chi connectivity index (χ4n) is 2.86. The predicted octanol–water partition coefficient (Wildman–Crippen LogP) is 4.66. The molecule has 3 aromatic rings. The van der Waals surface area contributed by atoms with E-state index in [-0.39, 0.29) is 23.1 Å². The standard InChI is InChI=1S/C22H19F3N2O4S/c1-27(15-16-7-13-19(14-8-16)31-22(23,24)25)21(28)17-9-11-18(12-10-17)26-32(29,30)20-5-3-2-4-6-20/h2-14,26H,15H2,1H3. The minimum atomic E-state index is -4.77. The molecule has 0 aliphatic rings. The minimum absolute atomic E-state index is 0.117. The number of carbonyl (C=O) groups excluding carboxylic acids is 1. The van der Waals surface area contributed by atoms with Crippen molar-refractivity contribution in [3.05, 3.63) is 90.0 Å². The van der Waals surface area contributed by atoms with Gasteiger partial charge in [0.05, 0.1) is 4.90 Å². The molecular weight excluding hydrogens is 445 g/mol. The Morgan fingerprint density at radius 3 is 2.09 bits per heavy atom. The van der Waals surface area contributed by atoms with Crippen LogP contribution in [0.15, 0.2) is 83.8 Å². The first-order chi connectivity index (χ1) is 15.0. The lowest BCUT2D eigenvalue weighted by Crippen LogP contribution is -2.26. The SMILES string of the molecule is CN(Cc1ccc(OC(F)(F)F)cc1)C(=O)c1ccc(NS(=O)(=O)c2ccccc2)cc1. The summed E-state index contributed by atoms with van der Waals surface area (Å²) < 4.78 is 67.7. The molecule has 0 saturated heterocycles. The van der Waals surface area contributed by atoms with Crippen molar-refractivity contribution in [2.75, 3.05) is 11.8 Å². The third-order valence-electron chi connectivity index (χ3n) is 4.36. The average molecular weight is 464 g/mol. The summed E-state index contributed by atoms with van der Waals surface area (Å²) in [5, 5.41) is 0. The van der Waals surface area contributed by atoms with Crippen molar-refractivity contribution in [2.45, 2.75) is 17.8 Å². The second kappa shape index (κ2) is 9.31. The lowest BCUT2D eigenvalue weighted by atomic mass is 10.1. The van der Waals surface area contributed by atoms with E-state index in [1.54, 1.807) is 25.2 Å². The van der Waals surface area contributed by atoms with Gasteiger partial charge in [0.25, 0.3) is 15.9 Å². The van der Waals surface area contributed by atoms with Crippen LogP contribution in [0.4, 0.5) is 18.9 Å². The first-order valence-corrected chi connectivity index (χ1v) is 10.8. The summed E-state index contributed by atoms with van der Waals surface area (Å²) in [6.07, 6.45) is -4.77. The van der Waals surface area contributed by atoms with Crippen LogP contribution in [0.25, 0.3) is 0 Å². The normalized spacial score (nSPS) is 11.6. The summed E-state index contributed by atoms with van der Waals surface area (Å²) in [5.41, 5.74) is 1.24. The van der Waals surface area contributed by atoms with Crippen molar-refractivity contribution >= 4 is 21.6 Å². The topological polar surface area (TPSA) is 75.7 Å². The van der Waals surface area contributed by atoms with E-state index in [1.807, 2.05) is 0 Å². The summed E-state index contributed by atoms with van der Waals surface area (Å²) in [6.45, 7) is 0.160. The molecule has 0 fully saturated rings. The molecular formula is C22H19F3N2O4S. The molecule has 32 heavy (non-hydrogen) atoms. The van der Waals surface area contributed by atoms with Crippen molar-refractivity contribution in [2.24, 2.45) is 0 Å². The van der Waals surface area contributed by atoms with Crippen LogP contribution < -0.4 is 9.46 Å². The molecule has 0 aliphatic heterocycles. The summed E-state index contributed by atoms with van der Waals surface area (Å²) in [5.74, 6) is -0.679. The number of alkyl halides is 3. The lowest BCUT2D eigenvalue weighted by molar-refractivity contribution is -0.274. The van der Waals surface area contributed by atoms with Crippen LogP contribution in [0.5, 0.6) is 5.75 Å². The second-order valence-corrected chi connectivity index (χ2v) is 8.53. The van der Waals surface area contributed by atoms with Crippen molar-refractivity contribution in [1.82, 2.24) is 4.90 Å². The molecule has 1 amide bonds.